The van der Waals surface area contributed by atoms with Crippen molar-refractivity contribution in [1.82, 2.24) is 19.2 Å². The summed E-state index contributed by atoms with van der Waals surface area (Å²) in [5, 5.41) is 3.11. The molecule has 1 aliphatic carbocycles. The molecule has 1 aliphatic heterocycles. The molecule has 8 heteroatoms. The Labute approximate surface area is 149 Å². The summed E-state index contributed by atoms with van der Waals surface area (Å²) in [6.07, 6.45) is 12.6. The monoisotopic (exact) mass is 368 g/mol. The molecule has 140 valence electrons. The van der Waals surface area contributed by atoms with Gasteiger partial charge >= 0.3 is 0 Å². The third-order valence-electron chi connectivity index (χ3n) is 5.08. The normalized spacial score (nSPS) is 21.0. The van der Waals surface area contributed by atoms with Crippen LogP contribution < -0.4 is 5.32 Å². The fourth-order valence-electron chi connectivity index (χ4n) is 3.66. The van der Waals surface area contributed by atoms with Crippen LogP contribution in [-0.4, -0.2) is 47.3 Å². The lowest BCUT2D eigenvalue weighted by Crippen LogP contribution is -2.36. The van der Waals surface area contributed by atoms with Crippen molar-refractivity contribution in [1.29, 1.82) is 0 Å². The molecule has 2 fully saturated rings. The predicted octanol–water partition coefficient (Wildman–Crippen LogP) is 1.90. The third-order valence-corrected chi connectivity index (χ3v) is 6.86. The van der Waals surface area contributed by atoms with Crippen molar-refractivity contribution in [2.24, 2.45) is 0 Å². The van der Waals surface area contributed by atoms with Crippen molar-refractivity contribution in [3.8, 4) is 0 Å². The number of sulfonamides is 1. The highest BCUT2D eigenvalue weighted by atomic mass is 32.2. The Bertz CT molecular complexity index is 672. The maximum absolute atomic E-state index is 12.6. The highest BCUT2D eigenvalue weighted by molar-refractivity contribution is 7.89. The molecular weight excluding hydrogens is 340 g/mol. The summed E-state index contributed by atoms with van der Waals surface area (Å²) in [5.41, 5.74) is 0. The number of hydrogen-bond acceptors (Lipinski definition) is 4. The van der Waals surface area contributed by atoms with Gasteiger partial charge in [-0.15, -0.1) is 0 Å². The van der Waals surface area contributed by atoms with Gasteiger partial charge in [0.2, 0.25) is 5.91 Å². The molecule has 2 aliphatic rings. The predicted molar refractivity (Wildman–Crippen MR) is 94.5 cm³/mol. The van der Waals surface area contributed by atoms with E-state index in [1.165, 1.54) is 29.7 Å². The van der Waals surface area contributed by atoms with Gasteiger partial charge < -0.3 is 9.88 Å². The van der Waals surface area contributed by atoms with Gasteiger partial charge in [-0.1, -0.05) is 32.1 Å². The lowest BCUT2D eigenvalue weighted by molar-refractivity contribution is -0.122. The Hall–Kier alpha value is -1.41. The summed E-state index contributed by atoms with van der Waals surface area (Å²) in [6, 6.07) is 0.245. The molecule has 0 spiro atoms. The molecule has 1 aromatic rings. The smallest absolute Gasteiger partial charge is 0.262 e. The highest BCUT2D eigenvalue weighted by Crippen LogP contribution is 2.19. The fraction of sp³-hybridized carbons (Fsp3) is 0.765. The Morgan fingerprint density at radius 1 is 1.08 bits per heavy atom. The van der Waals surface area contributed by atoms with Crippen LogP contribution in [0.3, 0.4) is 0 Å². The second kappa shape index (κ2) is 8.31. The molecule has 0 bridgehead atoms. The first-order chi connectivity index (χ1) is 12.1. The minimum atomic E-state index is -3.54. The number of aromatic nitrogens is 2. The van der Waals surface area contributed by atoms with Gasteiger partial charge in [-0.2, -0.15) is 4.31 Å². The molecule has 1 amide bonds. The van der Waals surface area contributed by atoms with Crippen LogP contribution in [0.25, 0.3) is 0 Å². The number of imidazole rings is 1. The maximum Gasteiger partial charge on any atom is 0.262 e. The van der Waals surface area contributed by atoms with E-state index in [0.717, 1.165) is 44.9 Å². The zero-order valence-electron chi connectivity index (χ0n) is 14.7. The molecule has 1 saturated carbocycles. The first kappa shape index (κ1) is 18.4. The van der Waals surface area contributed by atoms with Crippen LogP contribution in [0, 0.1) is 0 Å². The third kappa shape index (κ3) is 4.82. The average Bonchev–Trinajstić information content (AvgIpc) is 2.93. The number of nitrogens with one attached hydrogen (secondary N) is 1. The summed E-state index contributed by atoms with van der Waals surface area (Å²) in [4.78, 5) is 16.3. The molecule has 0 radical (unpaired) electrons. The number of carbonyl (C=O) groups is 1. The van der Waals surface area contributed by atoms with Gasteiger partial charge in [-0.3, -0.25) is 4.79 Å². The first-order valence-electron chi connectivity index (χ1n) is 9.37. The van der Waals surface area contributed by atoms with Crippen molar-refractivity contribution in [2.75, 3.05) is 13.1 Å². The number of hydrogen-bond donors (Lipinski definition) is 1. The van der Waals surface area contributed by atoms with E-state index >= 15 is 0 Å². The number of nitrogens with zero attached hydrogens (tertiary/aromatic N) is 3. The Kier molecular flexibility index (Phi) is 6.11. The topological polar surface area (TPSA) is 84.3 Å². The second-order valence-corrected chi connectivity index (χ2v) is 8.99. The quantitative estimate of drug-likeness (QED) is 0.805. The molecule has 1 N–H and O–H groups in total. The Balaban J connectivity index is 1.58. The van der Waals surface area contributed by atoms with Crippen molar-refractivity contribution in [3.05, 3.63) is 12.5 Å². The molecule has 3 rings (SSSR count). The van der Waals surface area contributed by atoms with Gasteiger partial charge in [0.15, 0.2) is 5.03 Å². The minimum absolute atomic E-state index is 0.0386. The van der Waals surface area contributed by atoms with Crippen molar-refractivity contribution >= 4 is 15.9 Å². The highest BCUT2D eigenvalue weighted by Gasteiger charge is 2.28. The van der Waals surface area contributed by atoms with E-state index in [-0.39, 0.29) is 23.5 Å². The van der Waals surface area contributed by atoms with E-state index in [9.17, 15) is 13.2 Å². The largest absolute Gasteiger partial charge is 0.352 e. The van der Waals surface area contributed by atoms with Crippen molar-refractivity contribution in [3.63, 3.8) is 0 Å². The van der Waals surface area contributed by atoms with E-state index in [2.05, 4.69) is 10.3 Å². The van der Waals surface area contributed by atoms with Crippen LogP contribution in [-0.2, 0) is 21.4 Å². The molecule has 1 saturated heterocycles. The van der Waals surface area contributed by atoms with Gasteiger partial charge in [-0.05, 0) is 25.7 Å². The summed E-state index contributed by atoms with van der Waals surface area (Å²) in [7, 11) is -3.54. The summed E-state index contributed by atoms with van der Waals surface area (Å²) < 4.78 is 28.2. The summed E-state index contributed by atoms with van der Waals surface area (Å²) in [5.74, 6) is -0.0776. The fourth-order valence-corrected chi connectivity index (χ4v) is 5.11. The lowest BCUT2D eigenvalue weighted by atomic mass is 10.1. The average molecular weight is 369 g/mol. The molecule has 0 atom stereocenters. The molecular formula is C17H28N4O3S. The standard InChI is InChI=1S/C17H28N4O3S/c22-16(19-15-8-4-1-2-5-9-15)12-20-13-17(18-14-20)25(23,24)21-10-6-3-7-11-21/h13-15H,1-12H2,(H,19,22). The number of rotatable bonds is 5. The number of amides is 1. The minimum Gasteiger partial charge on any atom is -0.352 e. The van der Waals surface area contributed by atoms with E-state index in [4.69, 9.17) is 0 Å². The van der Waals surface area contributed by atoms with E-state index in [1.54, 1.807) is 4.57 Å². The van der Waals surface area contributed by atoms with Gasteiger partial charge in [0, 0.05) is 25.3 Å². The van der Waals surface area contributed by atoms with E-state index < -0.39 is 10.0 Å². The zero-order valence-corrected chi connectivity index (χ0v) is 15.5. The molecule has 0 aromatic carbocycles. The van der Waals surface area contributed by atoms with Gasteiger partial charge in [0.25, 0.3) is 10.0 Å². The van der Waals surface area contributed by atoms with Crippen LogP contribution in [0.5, 0.6) is 0 Å². The zero-order chi connectivity index (χ0) is 17.7. The van der Waals surface area contributed by atoms with Crippen molar-refractivity contribution < 1.29 is 13.2 Å². The number of piperidine rings is 1. The van der Waals surface area contributed by atoms with E-state index in [0.29, 0.717) is 13.1 Å². The van der Waals surface area contributed by atoms with Gasteiger partial charge in [0.1, 0.15) is 6.54 Å². The molecule has 7 nitrogen and oxygen atoms in total. The van der Waals surface area contributed by atoms with Gasteiger partial charge in [0.05, 0.1) is 6.33 Å². The maximum atomic E-state index is 12.6. The second-order valence-electron chi connectivity index (χ2n) is 7.10. The van der Waals surface area contributed by atoms with Crippen LogP contribution in [0.1, 0.15) is 57.8 Å². The summed E-state index contributed by atoms with van der Waals surface area (Å²) in [6.45, 7) is 1.22. The van der Waals surface area contributed by atoms with Crippen LogP contribution >= 0.6 is 0 Å². The lowest BCUT2D eigenvalue weighted by Gasteiger charge is -2.24. The van der Waals surface area contributed by atoms with E-state index in [1.807, 2.05) is 0 Å². The molecule has 0 unspecified atom stereocenters. The van der Waals surface area contributed by atoms with Gasteiger partial charge in [-0.25, -0.2) is 13.4 Å². The van der Waals surface area contributed by atoms with Crippen LogP contribution in [0.15, 0.2) is 17.6 Å². The number of carbonyl (C=O) groups excluding carboxylic acids is 1. The molecule has 25 heavy (non-hydrogen) atoms. The summed E-state index contributed by atoms with van der Waals surface area (Å²) >= 11 is 0. The molecule has 1 aromatic heterocycles. The van der Waals surface area contributed by atoms with Crippen LogP contribution in [0.4, 0.5) is 0 Å². The SMILES string of the molecule is O=C(Cn1cnc(S(=O)(=O)N2CCCCC2)c1)NC1CCCCCC1. The Morgan fingerprint density at radius 2 is 1.72 bits per heavy atom. The van der Waals surface area contributed by atoms with Crippen molar-refractivity contribution in [2.45, 2.75) is 75.4 Å². The first-order valence-corrected chi connectivity index (χ1v) is 10.8. The Morgan fingerprint density at radius 3 is 2.40 bits per heavy atom. The molecule has 2 heterocycles. The van der Waals surface area contributed by atoms with Crippen LogP contribution in [0.2, 0.25) is 0 Å².